The van der Waals surface area contributed by atoms with E-state index in [-0.39, 0.29) is 17.1 Å². The maximum atomic E-state index is 13.5. The van der Waals surface area contributed by atoms with Crippen LogP contribution in [0.25, 0.3) is 0 Å². The molecule has 0 saturated heterocycles. The molecule has 0 saturated carbocycles. The molecule has 0 heterocycles. The number of ether oxygens (including phenoxy) is 2. The molecular formula is C13H17FO3. The Bertz CT molecular complexity index is 411. The third kappa shape index (κ3) is 2.64. The van der Waals surface area contributed by atoms with Crippen molar-refractivity contribution < 1.29 is 18.7 Å². The highest BCUT2D eigenvalue weighted by molar-refractivity contribution is 6.02. The summed E-state index contributed by atoms with van der Waals surface area (Å²) in [6.07, 6.45) is 0.524. The second-order valence-electron chi connectivity index (χ2n) is 3.97. The molecule has 1 atom stereocenters. The molecule has 0 aromatic heterocycles. The lowest BCUT2D eigenvalue weighted by Crippen LogP contribution is -2.36. The summed E-state index contributed by atoms with van der Waals surface area (Å²) in [7, 11) is 2.85. The van der Waals surface area contributed by atoms with Gasteiger partial charge in [-0.05, 0) is 31.5 Å². The molecule has 3 nitrogen and oxygen atoms in total. The predicted octanol–water partition coefficient (Wildman–Crippen LogP) is 2.83. The summed E-state index contributed by atoms with van der Waals surface area (Å²) in [5.41, 5.74) is -0.629. The first kappa shape index (κ1) is 13.6. The summed E-state index contributed by atoms with van der Waals surface area (Å²) >= 11 is 0. The van der Waals surface area contributed by atoms with Gasteiger partial charge in [0.25, 0.3) is 0 Å². The van der Waals surface area contributed by atoms with Crippen molar-refractivity contribution in [2.75, 3.05) is 14.2 Å². The number of methoxy groups -OCH3 is 2. The van der Waals surface area contributed by atoms with Crippen molar-refractivity contribution in [3.63, 3.8) is 0 Å². The number of ketones is 1. The molecule has 0 amide bonds. The van der Waals surface area contributed by atoms with Crippen LogP contribution in [0.2, 0.25) is 0 Å². The predicted molar refractivity (Wildman–Crippen MR) is 63.0 cm³/mol. The van der Waals surface area contributed by atoms with Crippen LogP contribution in [0.3, 0.4) is 0 Å². The van der Waals surface area contributed by atoms with Crippen molar-refractivity contribution in [2.24, 2.45) is 0 Å². The summed E-state index contributed by atoms with van der Waals surface area (Å²) in [6.45, 7) is 3.54. The van der Waals surface area contributed by atoms with E-state index in [9.17, 15) is 9.18 Å². The molecule has 0 N–H and O–H groups in total. The first-order valence-electron chi connectivity index (χ1n) is 5.42. The SMILES string of the molecule is CCC(C)(OC)C(=O)c1ccc(OC)c(F)c1. The molecule has 94 valence electrons. The monoisotopic (exact) mass is 240 g/mol. The minimum absolute atomic E-state index is 0.122. The van der Waals surface area contributed by atoms with Crippen LogP contribution in [-0.2, 0) is 4.74 Å². The van der Waals surface area contributed by atoms with Crippen molar-refractivity contribution in [3.8, 4) is 5.75 Å². The number of benzene rings is 1. The van der Waals surface area contributed by atoms with Crippen molar-refractivity contribution >= 4 is 5.78 Å². The largest absolute Gasteiger partial charge is 0.494 e. The van der Waals surface area contributed by atoms with Crippen LogP contribution in [0.15, 0.2) is 18.2 Å². The first-order valence-corrected chi connectivity index (χ1v) is 5.42. The lowest BCUT2D eigenvalue weighted by atomic mass is 9.92. The van der Waals surface area contributed by atoms with Gasteiger partial charge in [0, 0.05) is 12.7 Å². The van der Waals surface area contributed by atoms with Crippen LogP contribution in [-0.4, -0.2) is 25.6 Å². The maximum absolute atomic E-state index is 13.5. The summed E-state index contributed by atoms with van der Waals surface area (Å²) in [5.74, 6) is -0.658. The van der Waals surface area contributed by atoms with Gasteiger partial charge in [-0.25, -0.2) is 4.39 Å². The van der Waals surface area contributed by atoms with E-state index in [1.54, 1.807) is 6.92 Å². The van der Waals surface area contributed by atoms with E-state index in [4.69, 9.17) is 9.47 Å². The Morgan fingerprint density at radius 3 is 2.47 bits per heavy atom. The summed E-state index contributed by atoms with van der Waals surface area (Å²) in [5, 5.41) is 0. The van der Waals surface area contributed by atoms with E-state index in [0.29, 0.717) is 6.42 Å². The molecule has 0 aliphatic rings. The number of halogens is 1. The molecule has 0 spiro atoms. The van der Waals surface area contributed by atoms with Gasteiger partial charge in [-0.3, -0.25) is 4.79 Å². The van der Waals surface area contributed by atoms with Crippen LogP contribution in [0.5, 0.6) is 5.75 Å². The lowest BCUT2D eigenvalue weighted by molar-refractivity contribution is 0.0106. The number of Topliss-reactive ketones (excluding diaryl/α,β-unsaturated/α-hetero) is 1. The van der Waals surface area contributed by atoms with Gasteiger partial charge < -0.3 is 9.47 Å². The molecule has 0 bridgehead atoms. The van der Waals surface area contributed by atoms with E-state index in [2.05, 4.69) is 0 Å². The van der Waals surface area contributed by atoms with Crippen molar-refractivity contribution in [2.45, 2.75) is 25.9 Å². The molecule has 0 aliphatic carbocycles. The van der Waals surface area contributed by atoms with Gasteiger partial charge in [0.15, 0.2) is 17.3 Å². The number of rotatable bonds is 5. The Hall–Kier alpha value is -1.42. The smallest absolute Gasteiger partial charge is 0.194 e. The number of carbonyl (C=O) groups is 1. The molecule has 1 aromatic carbocycles. The van der Waals surface area contributed by atoms with Crippen molar-refractivity contribution in [1.82, 2.24) is 0 Å². The molecule has 4 heteroatoms. The molecule has 0 aliphatic heterocycles. The fourth-order valence-electron chi connectivity index (χ4n) is 1.51. The van der Waals surface area contributed by atoms with Gasteiger partial charge in [-0.1, -0.05) is 6.92 Å². The number of hydrogen-bond acceptors (Lipinski definition) is 3. The fraction of sp³-hybridized carbons (Fsp3) is 0.462. The zero-order valence-corrected chi connectivity index (χ0v) is 10.5. The average molecular weight is 240 g/mol. The Morgan fingerprint density at radius 1 is 1.41 bits per heavy atom. The van der Waals surface area contributed by atoms with Crippen molar-refractivity contribution in [1.29, 1.82) is 0 Å². The zero-order valence-electron chi connectivity index (χ0n) is 10.5. The first-order chi connectivity index (χ1) is 7.98. The second-order valence-corrected chi connectivity index (χ2v) is 3.97. The Balaban J connectivity index is 3.09. The van der Waals surface area contributed by atoms with Crippen LogP contribution < -0.4 is 4.74 Å². The molecule has 1 aromatic rings. The standard InChI is InChI=1S/C13H17FO3/c1-5-13(2,17-4)12(15)9-6-7-11(16-3)10(14)8-9/h6-8H,5H2,1-4H3. The highest BCUT2D eigenvalue weighted by Gasteiger charge is 2.32. The zero-order chi connectivity index (χ0) is 13.1. The molecule has 1 unspecified atom stereocenters. The van der Waals surface area contributed by atoms with E-state index in [0.717, 1.165) is 0 Å². The van der Waals surface area contributed by atoms with Gasteiger partial charge in [0.05, 0.1) is 7.11 Å². The minimum Gasteiger partial charge on any atom is -0.494 e. The highest BCUT2D eigenvalue weighted by Crippen LogP contribution is 2.24. The van der Waals surface area contributed by atoms with Crippen LogP contribution in [0.1, 0.15) is 30.6 Å². The van der Waals surface area contributed by atoms with Crippen LogP contribution >= 0.6 is 0 Å². The van der Waals surface area contributed by atoms with Crippen LogP contribution in [0.4, 0.5) is 4.39 Å². The molecule has 0 radical (unpaired) electrons. The number of carbonyl (C=O) groups excluding carboxylic acids is 1. The van der Waals surface area contributed by atoms with Gasteiger partial charge in [-0.15, -0.1) is 0 Å². The third-order valence-electron chi connectivity index (χ3n) is 3.02. The van der Waals surface area contributed by atoms with Gasteiger partial charge >= 0.3 is 0 Å². The van der Waals surface area contributed by atoms with E-state index < -0.39 is 11.4 Å². The van der Waals surface area contributed by atoms with E-state index in [1.807, 2.05) is 6.92 Å². The minimum atomic E-state index is -0.916. The third-order valence-corrected chi connectivity index (χ3v) is 3.02. The molecule has 0 fully saturated rings. The summed E-state index contributed by atoms with van der Waals surface area (Å²) in [6, 6.07) is 4.15. The molecule has 1 rings (SSSR count). The second kappa shape index (κ2) is 5.27. The summed E-state index contributed by atoms with van der Waals surface area (Å²) in [4.78, 5) is 12.1. The fourth-order valence-corrected chi connectivity index (χ4v) is 1.51. The quantitative estimate of drug-likeness (QED) is 0.742. The Kier molecular flexibility index (Phi) is 4.23. The van der Waals surface area contributed by atoms with E-state index >= 15 is 0 Å². The topological polar surface area (TPSA) is 35.5 Å². The van der Waals surface area contributed by atoms with E-state index in [1.165, 1.54) is 32.4 Å². The molecule has 17 heavy (non-hydrogen) atoms. The van der Waals surface area contributed by atoms with Gasteiger partial charge in [-0.2, -0.15) is 0 Å². The average Bonchev–Trinajstić information content (AvgIpc) is 2.36. The summed E-state index contributed by atoms with van der Waals surface area (Å²) < 4.78 is 23.5. The van der Waals surface area contributed by atoms with Gasteiger partial charge in [0.2, 0.25) is 0 Å². The Morgan fingerprint density at radius 2 is 2.06 bits per heavy atom. The van der Waals surface area contributed by atoms with Crippen LogP contribution in [0, 0.1) is 5.82 Å². The normalized spacial score (nSPS) is 14.2. The highest BCUT2D eigenvalue weighted by atomic mass is 19.1. The van der Waals surface area contributed by atoms with Crippen molar-refractivity contribution in [3.05, 3.63) is 29.6 Å². The number of hydrogen-bond donors (Lipinski definition) is 0. The maximum Gasteiger partial charge on any atom is 0.194 e. The lowest BCUT2D eigenvalue weighted by Gasteiger charge is -2.25. The molecular weight excluding hydrogens is 223 g/mol. The Labute approximate surface area is 101 Å². The van der Waals surface area contributed by atoms with Gasteiger partial charge in [0.1, 0.15) is 5.60 Å².